The highest BCUT2D eigenvalue weighted by Crippen LogP contribution is 2.23. The highest BCUT2D eigenvalue weighted by molar-refractivity contribution is 9.10. The summed E-state index contributed by atoms with van der Waals surface area (Å²) in [6.45, 7) is 5.56. The van der Waals surface area contributed by atoms with Gasteiger partial charge in [0.25, 0.3) is 0 Å². The van der Waals surface area contributed by atoms with Crippen molar-refractivity contribution in [2.24, 2.45) is 5.73 Å². The summed E-state index contributed by atoms with van der Waals surface area (Å²) in [4.78, 5) is 2.40. The molecule has 2 nitrogen and oxygen atoms in total. The predicted molar refractivity (Wildman–Crippen MR) is 82.7 cm³/mol. The molecule has 0 fully saturated rings. The fourth-order valence-corrected chi connectivity index (χ4v) is 2.71. The summed E-state index contributed by atoms with van der Waals surface area (Å²) in [6, 6.07) is 8.97. The van der Waals surface area contributed by atoms with Crippen LogP contribution in [0.5, 0.6) is 0 Å². The molecular formula is C15H25BrN2. The van der Waals surface area contributed by atoms with Crippen LogP contribution in [0.25, 0.3) is 0 Å². The SMILES string of the molecule is CCCC(C)N(C)CCC(N)c1ccccc1Br. The van der Waals surface area contributed by atoms with Gasteiger partial charge in [0.1, 0.15) is 0 Å². The second-order valence-electron chi connectivity index (χ2n) is 5.03. The predicted octanol–water partition coefficient (Wildman–Crippen LogP) is 3.96. The molecule has 2 atom stereocenters. The van der Waals surface area contributed by atoms with Gasteiger partial charge in [-0.3, -0.25) is 0 Å². The Morgan fingerprint density at radius 1 is 1.28 bits per heavy atom. The third-order valence-corrected chi connectivity index (χ3v) is 4.28. The van der Waals surface area contributed by atoms with Crippen LogP contribution in [0.2, 0.25) is 0 Å². The Labute approximate surface area is 120 Å². The minimum Gasteiger partial charge on any atom is -0.324 e. The Kier molecular flexibility index (Phi) is 6.90. The summed E-state index contributed by atoms with van der Waals surface area (Å²) in [5.41, 5.74) is 7.46. The molecule has 0 saturated carbocycles. The van der Waals surface area contributed by atoms with E-state index in [-0.39, 0.29) is 6.04 Å². The van der Waals surface area contributed by atoms with Crippen LogP contribution in [0.15, 0.2) is 28.7 Å². The van der Waals surface area contributed by atoms with Gasteiger partial charge in [0.05, 0.1) is 0 Å². The number of nitrogens with two attached hydrogens (primary N) is 1. The first-order valence-electron chi connectivity index (χ1n) is 6.76. The number of benzene rings is 1. The molecule has 0 heterocycles. The van der Waals surface area contributed by atoms with Crippen molar-refractivity contribution in [2.75, 3.05) is 13.6 Å². The molecule has 0 spiro atoms. The summed E-state index contributed by atoms with van der Waals surface area (Å²) in [6.07, 6.45) is 3.48. The monoisotopic (exact) mass is 312 g/mol. The molecule has 0 amide bonds. The Hall–Kier alpha value is -0.380. The molecule has 3 heteroatoms. The summed E-state index contributed by atoms with van der Waals surface area (Å²) < 4.78 is 1.11. The van der Waals surface area contributed by atoms with Crippen LogP contribution in [0.3, 0.4) is 0 Å². The average molecular weight is 313 g/mol. The van der Waals surface area contributed by atoms with Crippen LogP contribution in [0.4, 0.5) is 0 Å². The highest BCUT2D eigenvalue weighted by Gasteiger charge is 2.12. The molecule has 0 aromatic heterocycles. The van der Waals surface area contributed by atoms with Gasteiger partial charge in [-0.15, -0.1) is 0 Å². The van der Waals surface area contributed by atoms with Gasteiger partial charge in [-0.05, 0) is 45.0 Å². The van der Waals surface area contributed by atoms with Crippen LogP contribution in [-0.4, -0.2) is 24.5 Å². The van der Waals surface area contributed by atoms with Crippen molar-refractivity contribution in [3.63, 3.8) is 0 Å². The van der Waals surface area contributed by atoms with Crippen LogP contribution >= 0.6 is 15.9 Å². The molecule has 0 saturated heterocycles. The number of halogens is 1. The zero-order valence-electron chi connectivity index (χ0n) is 11.7. The molecular weight excluding hydrogens is 288 g/mol. The maximum Gasteiger partial charge on any atom is 0.0318 e. The van der Waals surface area contributed by atoms with E-state index >= 15 is 0 Å². The van der Waals surface area contributed by atoms with Gasteiger partial charge >= 0.3 is 0 Å². The van der Waals surface area contributed by atoms with Crippen LogP contribution in [0.1, 0.15) is 44.7 Å². The van der Waals surface area contributed by atoms with Gasteiger partial charge in [-0.1, -0.05) is 47.5 Å². The van der Waals surface area contributed by atoms with Crippen molar-refractivity contribution in [2.45, 2.75) is 45.2 Å². The standard InChI is InChI=1S/C15H25BrN2/c1-4-7-12(2)18(3)11-10-15(17)13-8-5-6-9-14(13)16/h5-6,8-9,12,15H,4,7,10-11,17H2,1-3H3. The molecule has 102 valence electrons. The fourth-order valence-electron chi connectivity index (χ4n) is 2.13. The molecule has 0 aliphatic rings. The molecule has 1 aromatic rings. The largest absolute Gasteiger partial charge is 0.324 e. The van der Waals surface area contributed by atoms with E-state index in [1.165, 1.54) is 18.4 Å². The van der Waals surface area contributed by atoms with E-state index in [1.54, 1.807) is 0 Å². The maximum absolute atomic E-state index is 6.26. The molecule has 1 rings (SSSR count). The van der Waals surface area contributed by atoms with Gasteiger partial charge in [0.2, 0.25) is 0 Å². The van der Waals surface area contributed by atoms with Crippen molar-refractivity contribution in [1.29, 1.82) is 0 Å². The summed E-state index contributed by atoms with van der Waals surface area (Å²) in [5, 5.41) is 0. The Morgan fingerprint density at radius 3 is 2.56 bits per heavy atom. The van der Waals surface area contributed by atoms with Crippen molar-refractivity contribution < 1.29 is 0 Å². The Morgan fingerprint density at radius 2 is 1.94 bits per heavy atom. The van der Waals surface area contributed by atoms with Crippen LogP contribution < -0.4 is 5.73 Å². The quantitative estimate of drug-likeness (QED) is 0.825. The lowest BCUT2D eigenvalue weighted by molar-refractivity contribution is 0.236. The third kappa shape index (κ3) is 4.71. The van der Waals surface area contributed by atoms with E-state index in [0.717, 1.165) is 17.4 Å². The smallest absolute Gasteiger partial charge is 0.0318 e. The first-order valence-corrected chi connectivity index (χ1v) is 7.55. The molecule has 18 heavy (non-hydrogen) atoms. The lowest BCUT2D eigenvalue weighted by atomic mass is 10.0. The van der Waals surface area contributed by atoms with E-state index < -0.39 is 0 Å². The molecule has 0 radical (unpaired) electrons. The maximum atomic E-state index is 6.26. The van der Waals surface area contributed by atoms with Crippen molar-refractivity contribution in [3.8, 4) is 0 Å². The van der Waals surface area contributed by atoms with Gasteiger partial charge in [0.15, 0.2) is 0 Å². The molecule has 0 aliphatic carbocycles. The van der Waals surface area contributed by atoms with Crippen LogP contribution in [-0.2, 0) is 0 Å². The van der Waals surface area contributed by atoms with Crippen LogP contribution in [0, 0.1) is 0 Å². The summed E-state index contributed by atoms with van der Waals surface area (Å²) in [7, 11) is 2.19. The Balaban J connectivity index is 2.46. The fraction of sp³-hybridized carbons (Fsp3) is 0.600. The number of nitrogens with zero attached hydrogens (tertiary/aromatic N) is 1. The lowest BCUT2D eigenvalue weighted by Gasteiger charge is -2.26. The normalized spacial score (nSPS) is 14.8. The van der Waals surface area contributed by atoms with Gasteiger partial charge in [-0.25, -0.2) is 0 Å². The van der Waals surface area contributed by atoms with E-state index in [1.807, 2.05) is 12.1 Å². The average Bonchev–Trinajstić information content (AvgIpc) is 2.36. The third-order valence-electron chi connectivity index (χ3n) is 3.56. The number of hydrogen-bond acceptors (Lipinski definition) is 2. The van der Waals surface area contributed by atoms with E-state index in [0.29, 0.717) is 6.04 Å². The minimum absolute atomic E-state index is 0.108. The number of hydrogen-bond donors (Lipinski definition) is 1. The first-order chi connectivity index (χ1) is 8.56. The Bertz CT molecular complexity index is 354. The minimum atomic E-state index is 0.108. The van der Waals surface area contributed by atoms with Gasteiger partial charge < -0.3 is 10.6 Å². The van der Waals surface area contributed by atoms with Gasteiger partial charge in [-0.2, -0.15) is 0 Å². The van der Waals surface area contributed by atoms with Crippen molar-refractivity contribution in [3.05, 3.63) is 34.3 Å². The topological polar surface area (TPSA) is 29.3 Å². The lowest BCUT2D eigenvalue weighted by Crippen LogP contribution is -2.31. The molecule has 1 aromatic carbocycles. The van der Waals surface area contributed by atoms with Gasteiger partial charge in [0, 0.05) is 16.6 Å². The second kappa shape index (κ2) is 7.93. The van der Waals surface area contributed by atoms with Crippen molar-refractivity contribution >= 4 is 15.9 Å². The zero-order valence-corrected chi connectivity index (χ0v) is 13.3. The molecule has 0 bridgehead atoms. The summed E-state index contributed by atoms with van der Waals surface area (Å²) >= 11 is 3.56. The van der Waals surface area contributed by atoms with E-state index in [2.05, 4.69) is 53.9 Å². The van der Waals surface area contributed by atoms with E-state index in [4.69, 9.17) is 5.73 Å². The molecule has 2 unspecified atom stereocenters. The van der Waals surface area contributed by atoms with E-state index in [9.17, 15) is 0 Å². The number of rotatable bonds is 7. The second-order valence-corrected chi connectivity index (χ2v) is 5.89. The van der Waals surface area contributed by atoms with Crippen molar-refractivity contribution in [1.82, 2.24) is 4.90 Å². The molecule has 0 aliphatic heterocycles. The zero-order chi connectivity index (χ0) is 13.5. The first kappa shape index (κ1) is 15.7. The summed E-state index contributed by atoms with van der Waals surface area (Å²) in [5.74, 6) is 0. The molecule has 2 N–H and O–H groups in total. The highest BCUT2D eigenvalue weighted by atomic mass is 79.9.